The van der Waals surface area contributed by atoms with Gasteiger partial charge in [-0.1, -0.05) is 18.7 Å². The first kappa shape index (κ1) is 8.63. The van der Waals surface area contributed by atoms with Crippen LogP contribution in [0.5, 0.6) is 0 Å². The van der Waals surface area contributed by atoms with Crippen molar-refractivity contribution in [3.63, 3.8) is 0 Å². The third-order valence-corrected chi connectivity index (χ3v) is 2.03. The molecule has 0 unspecified atom stereocenters. The fourth-order valence-electron chi connectivity index (χ4n) is 1.41. The number of rotatable bonds is 3. The van der Waals surface area contributed by atoms with E-state index in [-0.39, 0.29) is 5.97 Å². The number of hydrogen-bond donors (Lipinski definition) is 0. The zero-order valence-corrected chi connectivity index (χ0v) is 6.88. The summed E-state index contributed by atoms with van der Waals surface area (Å²) >= 11 is 0. The Labute approximate surface area is 68.7 Å². The molecule has 0 aliphatic heterocycles. The first-order chi connectivity index (χ1) is 5.22. The second-order valence-corrected chi connectivity index (χ2v) is 3.11. The minimum atomic E-state index is -0.0793. The maximum absolute atomic E-state index is 10.9. The first-order valence-electron chi connectivity index (χ1n) is 4.13. The number of esters is 1. The van der Waals surface area contributed by atoms with Crippen LogP contribution in [-0.2, 0) is 9.53 Å². The third kappa shape index (κ3) is 2.56. The largest absolute Gasteiger partial charge is 0.466 e. The molecule has 11 heavy (non-hydrogen) atoms. The van der Waals surface area contributed by atoms with Crippen LogP contribution in [0.2, 0.25) is 5.82 Å². The summed E-state index contributed by atoms with van der Waals surface area (Å²) in [5, 5.41) is 0. The zero-order valence-electron chi connectivity index (χ0n) is 6.88. The summed E-state index contributed by atoms with van der Waals surface area (Å²) in [7, 11) is 5.57. The monoisotopic (exact) mass is 152 g/mol. The Morgan fingerprint density at radius 1 is 1.64 bits per heavy atom. The van der Waals surface area contributed by atoms with Gasteiger partial charge in [0.2, 0.25) is 0 Å². The summed E-state index contributed by atoms with van der Waals surface area (Å²) in [6.07, 6.45) is 2.53. The van der Waals surface area contributed by atoms with Gasteiger partial charge in [-0.2, -0.15) is 0 Å². The van der Waals surface area contributed by atoms with Gasteiger partial charge in [-0.15, -0.1) is 0 Å². The molecule has 0 saturated heterocycles. The number of carbonyl (C=O) groups excluding carboxylic acids is 1. The lowest BCUT2D eigenvalue weighted by atomic mass is 9.63. The highest BCUT2D eigenvalue weighted by Gasteiger charge is 2.27. The first-order valence-corrected chi connectivity index (χ1v) is 4.13. The molecule has 1 fully saturated rings. The van der Waals surface area contributed by atoms with Crippen molar-refractivity contribution in [3.05, 3.63) is 0 Å². The highest BCUT2D eigenvalue weighted by atomic mass is 16.5. The van der Waals surface area contributed by atoms with E-state index < -0.39 is 0 Å². The molecule has 2 nitrogen and oxygen atoms in total. The molecule has 0 atom stereocenters. The Bertz CT molecular complexity index is 141. The van der Waals surface area contributed by atoms with Crippen molar-refractivity contribution in [1.29, 1.82) is 0 Å². The predicted octanol–water partition coefficient (Wildman–Crippen LogP) is 1.31. The fraction of sp³-hybridized carbons (Fsp3) is 0.875. The van der Waals surface area contributed by atoms with Gasteiger partial charge in [0.15, 0.2) is 0 Å². The summed E-state index contributed by atoms with van der Waals surface area (Å²) in [5.41, 5.74) is 0. The Kier molecular flexibility index (Phi) is 2.97. The molecule has 0 aromatic heterocycles. The smallest absolute Gasteiger partial charge is 0.306 e. The lowest BCUT2D eigenvalue weighted by Crippen LogP contribution is -2.22. The second kappa shape index (κ2) is 3.79. The minimum Gasteiger partial charge on any atom is -0.466 e. The van der Waals surface area contributed by atoms with Crippen LogP contribution in [0.15, 0.2) is 0 Å². The molecule has 1 aliphatic rings. The Morgan fingerprint density at radius 3 is 2.73 bits per heavy atom. The fourth-order valence-corrected chi connectivity index (χ4v) is 1.41. The van der Waals surface area contributed by atoms with Gasteiger partial charge in [0.25, 0.3) is 0 Å². The molecular formula is C8H13BO2. The summed E-state index contributed by atoms with van der Waals surface area (Å²) in [5.74, 6) is 0.739. The number of ether oxygens (including phenoxy) is 1. The van der Waals surface area contributed by atoms with Gasteiger partial charge in [-0.25, -0.2) is 0 Å². The molecule has 1 aliphatic carbocycles. The SMILES string of the molecule is [B]C1CC(CC(=O)OCC)C1. The Morgan fingerprint density at radius 2 is 2.27 bits per heavy atom. The molecular weight excluding hydrogens is 139 g/mol. The van der Waals surface area contributed by atoms with Gasteiger partial charge < -0.3 is 4.74 Å². The highest BCUT2D eigenvalue weighted by Crippen LogP contribution is 2.38. The van der Waals surface area contributed by atoms with E-state index in [4.69, 9.17) is 12.6 Å². The second-order valence-electron chi connectivity index (χ2n) is 3.11. The van der Waals surface area contributed by atoms with Gasteiger partial charge >= 0.3 is 5.97 Å². The van der Waals surface area contributed by atoms with E-state index in [1.807, 2.05) is 6.92 Å². The maximum atomic E-state index is 10.9. The third-order valence-electron chi connectivity index (χ3n) is 2.03. The molecule has 0 heterocycles. The summed E-state index contributed by atoms with van der Waals surface area (Å²) in [6.45, 7) is 2.31. The number of carbonyl (C=O) groups is 1. The molecule has 2 radical (unpaired) electrons. The van der Waals surface area contributed by atoms with Crippen LogP contribution < -0.4 is 0 Å². The average molecular weight is 152 g/mol. The highest BCUT2D eigenvalue weighted by molar-refractivity contribution is 6.12. The van der Waals surface area contributed by atoms with Crippen molar-refractivity contribution < 1.29 is 9.53 Å². The van der Waals surface area contributed by atoms with Gasteiger partial charge in [-0.3, -0.25) is 4.79 Å². The summed E-state index contributed by atoms with van der Waals surface area (Å²) in [6, 6.07) is 0. The molecule has 0 bridgehead atoms. The molecule has 0 amide bonds. The van der Waals surface area contributed by atoms with Crippen molar-refractivity contribution in [2.24, 2.45) is 5.92 Å². The molecule has 3 heteroatoms. The Balaban J connectivity index is 2.07. The van der Waals surface area contributed by atoms with E-state index in [2.05, 4.69) is 0 Å². The van der Waals surface area contributed by atoms with Crippen molar-refractivity contribution in [1.82, 2.24) is 0 Å². The molecule has 0 aromatic carbocycles. The van der Waals surface area contributed by atoms with Crippen molar-refractivity contribution in [2.75, 3.05) is 6.61 Å². The molecule has 0 N–H and O–H groups in total. The van der Waals surface area contributed by atoms with Crippen molar-refractivity contribution >= 4 is 13.8 Å². The molecule has 1 saturated carbocycles. The van der Waals surface area contributed by atoms with Crippen LogP contribution in [0.25, 0.3) is 0 Å². The van der Waals surface area contributed by atoms with E-state index in [1.165, 1.54) is 0 Å². The molecule has 0 aromatic rings. The molecule has 60 valence electrons. The van der Waals surface area contributed by atoms with E-state index in [9.17, 15) is 4.79 Å². The van der Waals surface area contributed by atoms with Crippen molar-refractivity contribution in [2.45, 2.75) is 32.0 Å². The molecule has 0 spiro atoms. The van der Waals surface area contributed by atoms with Gasteiger partial charge in [0.1, 0.15) is 0 Å². The topological polar surface area (TPSA) is 26.3 Å². The van der Waals surface area contributed by atoms with Gasteiger partial charge in [-0.05, 0) is 12.8 Å². The van der Waals surface area contributed by atoms with Gasteiger partial charge in [0, 0.05) is 6.42 Å². The molecule has 1 rings (SSSR count). The van der Waals surface area contributed by atoms with Crippen LogP contribution in [0.4, 0.5) is 0 Å². The van der Waals surface area contributed by atoms with E-state index in [0.29, 0.717) is 24.8 Å². The van der Waals surface area contributed by atoms with Crippen LogP contribution in [-0.4, -0.2) is 20.4 Å². The van der Waals surface area contributed by atoms with Gasteiger partial charge in [0.05, 0.1) is 14.5 Å². The number of hydrogen-bond acceptors (Lipinski definition) is 2. The zero-order chi connectivity index (χ0) is 8.27. The van der Waals surface area contributed by atoms with E-state index in [1.54, 1.807) is 0 Å². The van der Waals surface area contributed by atoms with Crippen molar-refractivity contribution in [3.8, 4) is 0 Å². The Hall–Kier alpha value is -0.465. The standard InChI is InChI=1S/C8H13BO2/c1-2-11-8(10)5-6-3-7(9)4-6/h6-7H,2-5H2,1H3. The van der Waals surface area contributed by atoms with Crippen LogP contribution in [0.1, 0.15) is 26.2 Å². The quantitative estimate of drug-likeness (QED) is 0.450. The van der Waals surface area contributed by atoms with E-state index in [0.717, 1.165) is 12.8 Å². The average Bonchev–Trinajstić information content (AvgIpc) is 1.85. The summed E-state index contributed by atoms with van der Waals surface area (Å²) < 4.78 is 4.80. The summed E-state index contributed by atoms with van der Waals surface area (Å²) in [4.78, 5) is 10.9. The lowest BCUT2D eigenvalue weighted by molar-refractivity contribution is -0.144. The predicted molar refractivity (Wildman–Crippen MR) is 43.5 cm³/mol. The maximum Gasteiger partial charge on any atom is 0.306 e. The normalized spacial score (nSPS) is 29.2. The lowest BCUT2D eigenvalue weighted by Gasteiger charge is -2.32. The van der Waals surface area contributed by atoms with E-state index >= 15 is 0 Å². The van der Waals surface area contributed by atoms with Crippen LogP contribution >= 0.6 is 0 Å². The van der Waals surface area contributed by atoms with Crippen LogP contribution in [0, 0.1) is 5.92 Å². The minimum absolute atomic E-state index is 0.0793. The van der Waals surface area contributed by atoms with Crippen LogP contribution in [0.3, 0.4) is 0 Å².